The number of methoxy groups -OCH3 is 1. The third kappa shape index (κ3) is 4.73. The Bertz CT molecular complexity index is 274. The van der Waals surface area contributed by atoms with Crippen molar-refractivity contribution in [2.24, 2.45) is 0 Å². The summed E-state index contributed by atoms with van der Waals surface area (Å²) in [6, 6.07) is 0. The second kappa shape index (κ2) is 6.59. The number of hydrogen-bond donors (Lipinski definition) is 2. The molecule has 0 radical (unpaired) electrons. The molecule has 0 aromatic carbocycles. The molecule has 0 unspecified atom stereocenters. The number of carboxylic acid groups (broad SMARTS) is 1. The number of unbranched alkanes of at least 4 members (excludes halogenated alkanes) is 1. The van der Waals surface area contributed by atoms with Gasteiger partial charge in [0.15, 0.2) is 0 Å². The Morgan fingerprint density at radius 2 is 2.06 bits per heavy atom. The van der Waals surface area contributed by atoms with Crippen molar-refractivity contribution >= 4 is 11.9 Å². The maximum atomic E-state index is 11.7. The van der Waals surface area contributed by atoms with E-state index >= 15 is 0 Å². The Morgan fingerprint density at radius 3 is 2.53 bits per heavy atom. The van der Waals surface area contributed by atoms with Crippen molar-refractivity contribution < 1.29 is 19.4 Å². The Hall–Kier alpha value is -1.10. The van der Waals surface area contributed by atoms with Crippen molar-refractivity contribution in [2.75, 3.05) is 13.7 Å². The van der Waals surface area contributed by atoms with Crippen LogP contribution in [0.4, 0.5) is 0 Å². The van der Waals surface area contributed by atoms with Crippen molar-refractivity contribution in [3.05, 3.63) is 0 Å². The number of carboxylic acids is 1. The monoisotopic (exact) mass is 243 g/mol. The van der Waals surface area contributed by atoms with Gasteiger partial charge in [-0.05, 0) is 32.1 Å². The number of carbonyl (C=O) groups excluding carboxylic acids is 1. The smallest absolute Gasteiger partial charge is 0.305 e. The summed E-state index contributed by atoms with van der Waals surface area (Å²) in [6.07, 6.45) is 4.68. The molecule has 0 atom stereocenters. The van der Waals surface area contributed by atoms with Gasteiger partial charge in [0.1, 0.15) is 0 Å². The Balaban J connectivity index is 2.25. The second-order valence-corrected chi connectivity index (χ2v) is 4.70. The molecule has 5 nitrogen and oxygen atoms in total. The van der Waals surface area contributed by atoms with Crippen LogP contribution in [0.1, 0.15) is 44.9 Å². The maximum Gasteiger partial charge on any atom is 0.305 e. The van der Waals surface area contributed by atoms with Crippen molar-refractivity contribution in [1.82, 2.24) is 5.32 Å². The summed E-state index contributed by atoms with van der Waals surface area (Å²) in [5, 5.41) is 11.7. The van der Waals surface area contributed by atoms with Crippen molar-refractivity contribution in [1.29, 1.82) is 0 Å². The van der Waals surface area contributed by atoms with Crippen LogP contribution in [0.2, 0.25) is 0 Å². The van der Waals surface area contributed by atoms with E-state index in [0.29, 0.717) is 13.0 Å². The van der Waals surface area contributed by atoms with E-state index in [1.165, 1.54) is 0 Å². The van der Waals surface area contributed by atoms with Crippen LogP contribution in [-0.4, -0.2) is 36.2 Å². The summed E-state index contributed by atoms with van der Waals surface area (Å²) < 4.78 is 4.90. The number of rotatable bonds is 8. The first kappa shape index (κ1) is 14.0. The third-order valence-corrected chi connectivity index (χ3v) is 3.21. The summed E-state index contributed by atoms with van der Waals surface area (Å²) in [7, 11) is 1.64. The normalized spacial score (nSPS) is 17.2. The third-order valence-electron chi connectivity index (χ3n) is 3.21. The molecule has 0 aliphatic heterocycles. The number of ether oxygens (including phenoxy) is 1. The van der Waals surface area contributed by atoms with E-state index in [9.17, 15) is 9.59 Å². The van der Waals surface area contributed by atoms with Crippen LogP contribution in [0.25, 0.3) is 0 Å². The van der Waals surface area contributed by atoms with Gasteiger partial charge in [-0.2, -0.15) is 0 Å². The Labute approximate surface area is 102 Å². The van der Waals surface area contributed by atoms with E-state index in [1.807, 2.05) is 0 Å². The van der Waals surface area contributed by atoms with Crippen molar-refractivity contribution in [3.8, 4) is 0 Å². The molecule has 1 amide bonds. The average Bonchev–Trinajstić information content (AvgIpc) is 2.20. The predicted octanol–water partition coefficient (Wildman–Crippen LogP) is 1.32. The highest BCUT2D eigenvalue weighted by Gasteiger charge is 2.40. The molecular formula is C12H21NO4. The van der Waals surface area contributed by atoms with Crippen LogP contribution in [0.15, 0.2) is 0 Å². The molecule has 1 rings (SSSR count). The lowest BCUT2D eigenvalue weighted by molar-refractivity contribution is -0.140. The van der Waals surface area contributed by atoms with Crippen LogP contribution in [-0.2, 0) is 14.3 Å². The minimum atomic E-state index is -0.843. The fourth-order valence-electron chi connectivity index (χ4n) is 2.13. The zero-order valence-electron chi connectivity index (χ0n) is 10.3. The van der Waals surface area contributed by atoms with Crippen LogP contribution in [0, 0.1) is 0 Å². The van der Waals surface area contributed by atoms with Gasteiger partial charge in [-0.15, -0.1) is 0 Å². The minimum absolute atomic E-state index is 0.0385. The van der Waals surface area contributed by atoms with Gasteiger partial charge < -0.3 is 15.2 Å². The molecule has 0 bridgehead atoms. The molecule has 1 aliphatic rings. The van der Waals surface area contributed by atoms with Crippen molar-refractivity contribution in [2.45, 2.75) is 50.5 Å². The molecular weight excluding hydrogens is 222 g/mol. The fraction of sp³-hybridized carbons (Fsp3) is 0.833. The summed E-state index contributed by atoms with van der Waals surface area (Å²) in [6.45, 7) is 0.660. The van der Waals surface area contributed by atoms with Gasteiger partial charge in [0.05, 0.1) is 12.0 Å². The topological polar surface area (TPSA) is 75.6 Å². The van der Waals surface area contributed by atoms with Gasteiger partial charge in [0.2, 0.25) is 5.91 Å². The van der Waals surface area contributed by atoms with E-state index in [2.05, 4.69) is 5.32 Å². The summed E-state index contributed by atoms with van der Waals surface area (Å²) >= 11 is 0. The highest BCUT2D eigenvalue weighted by Crippen LogP contribution is 2.35. The minimum Gasteiger partial charge on any atom is -0.481 e. The van der Waals surface area contributed by atoms with E-state index in [4.69, 9.17) is 9.84 Å². The molecule has 0 saturated heterocycles. The summed E-state index contributed by atoms with van der Waals surface area (Å²) in [4.78, 5) is 22.4. The largest absolute Gasteiger partial charge is 0.481 e. The molecule has 0 heterocycles. The first-order valence-corrected chi connectivity index (χ1v) is 6.10. The molecule has 2 N–H and O–H groups in total. The zero-order valence-corrected chi connectivity index (χ0v) is 10.3. The van der Waals surface area contributed by atoms with Crippen LogP contribution in [0.5, 0.6) is 0 Å². The Morgan fingerprint density at radius 1 is 1.35 bits per heavy atom. The van der Waals surface area contributed by atoms with Gasteiger partial charge in [0.25, 0.3) is 0 Å². The fourth-order valence-corrected chi connectivity index (χ4v) is 2.13. The lowest BCUT2D eigenvalue weighted by Crippen LogP contribution is -2.54. The predicted molar refractivity (Wildman–Crippen MR) is 62.7 cm³/mol. The van der Waals surface area contributed by atoms with E-state index in [-0.39, 0.29) is 12.3 Å². The first-order chi connectivity index (χ1) is 8.08. The van der Waals surface area contributed by atoms with Gasteiger partial charge in [-0.3, -0.25) is 9.59 Å². The molecule has 1 saturated carbocycles. The Kier molecular flexibility index (Phi) is 5.41. The average molecular weight is 243 g/mol. The SMILES string of the molecule is COCCCCC(=O)NC1(CC(=O)O)CCC1. The molecule has 1 aliphatic carbocycles. The second-order valence-electron chi connectivity index (χ2n) is 4.70. The number of aliphatic carboxylic acids is 1. The highest BCUT2D eigenvalue weighted by atomic mass is 16.5. The molecule has 0 aromatic heterocycles. The van der Waals surface area contributed by atoms with Crippen molar-refractivity contribution in [3.63, 3.8) is 0 Å². The molecule has 5 heteroatoms. The molecule has 17 heavy (non-hydrogen) atoms. The number of carbonyl (C=O) groups is 2. The summed E-state index contributed by atoms with van der Waals surface area (Å²) in [5.41, 5.74) is -0.468. The van der Waals surface area contributed by atoms with Crippen LogP contribution >= 0.6 is 0 Å². The molecule has 1 fully saturated rings. The van der Waals surface area contributed by atoms with E-state index in [1.54, 1.807) is 7.11 Å². The van der Waals surface area contributed by atoms with Gasteiger partial charge >= 0.3 is 5.97 Å². The number of amides is 1. The number of nitrogens with one attached hydrogen (secondary N) is 1. The zero-order chi connectivity index (χ0) is 12.7. The molecule has 0 aromatic rings. The van der Waals surface area contributed by atoms with E-state index in [0.717, 1.165) is 32.1 Å². The van der Waals surface area contributed by atoms with Gasteiger partial charge in [-0.25, -0.2) is 0 Å². The molecule has 98 valence electrons. The van der Waals surface area contributed by atoms with Gasteiger partial charge in [0, 0.05) is 20.1 Å². The number of hydrogen-bond acceptors (Lipinski definition) is 3. The highest BCUT2D eigenvalue weighted by molar-refractivity contribution is 5.78. The quantitative estimate of drug-likeness (QED) is 0.630. The maximum absolute atomic E-state index is 11.7. The van der Waals surface area contributed by atoms with Crippen LogP contribution in [0.3, 0.4) is 0 Å². The standard InChI is InChI=1S/C12H21NO4/c1-17-8-3-2-5-10(14)13-12(6-4-7-12)9-11(15)16/h2-9H2,1H3,(H,13,14)(H,15,16). The van der Waals surface area contributed by atoms with E-state index < -0.39 is 11.5 Å². The lowest BCUT2D eigenvalue weighted by atomic mass is 9.74. The first-order valence-electron chi connectivity index (χ1n) is 6.10. The lowest BCUT2D eigenvalue weighted by Gasteiger charge is -2.41. The van der Waals surface area contributed by atoms with Crippen LogP contribution < -0.4 is 5.32 Å². The van der Waals surface area contributed by atoms with Gasteiger partial charge in [-0.1, -0.05) is 0 Å². The molecule has 0 spiro atoms. The summed E-state index contributed by atoms with van der Waals surface area (Å²) in [5.74, 6) is -0.883.